The van der Waals surface area contributed by atoms with Crippen LogP contribution in [0.2, 0.25) is 0 Å². The van der Waals surface area contributed by atoms with Crippen LogP contribution in [0.3, 0.4) is 0 Å². The van der Waals surface area contributed by atoms with Crippen molar-refractivity contribution in [3.05, 3.63) is 41.8 Å². The molecule has 0 spiro atoms. The van der Waals surface area contributed by atoms with E-state index in [0.29, 0.717) is 31.0 Å². The lowest BCUT2D eigenvalue weighted by atomic mass is 9.98. The largest absolute Gasteiger partial charge is 0.346 e. The van der Waals surface area contributed by atoms with E-state index in [0.717, 1.165) is 29.7 Å². The van der Waals surface area contributed by atoms with Crippen molar-refractivity contribution in [3.63, 3.8) is 0 Å². The molecule has 7 heteroatoms. The van der Waals surface area contributed by atoms with E-state index >= 15 is 0 Å². The lowest BCUT2D eigenvalue weighted by Crippen LogP contribution is -2.33. The molecule has 0 bridgehead atoms. The van der Waals surface area contributed by atoms with E-state index in [1.165, 1.54) is 0 Å². The number of hydrogen-bond donors (Lipinski definition) is 2. The van der Waals surface area contributed by atoms with E-state index < -0.39 is 0 Å². The van der Waals surface area contributed by atoms with Crippen molar-refractivity contribution in [3.8, 4) is 0 Å². The van der Waals surface area contributed by atoms with Gasteiger partial charge in [0.2, 0.25) is 11.8 Å². The minimum absolute atomic E-state index is 0.0102. The van der Waals surface area contributed by atoms with Crippen molar-refractivity contribution >= 4 is 16.9 Å². The van der Waals surface area contributed by atoms with Crippen LogP contribution in [0, 0.1) is 5.92 Å². The van der Waals surface area contributed by atoms with Gasteiger partial charge in [-0.2, -0.15) is 4.98 Å². The summed E-state index contributed by atoms with van der Waals surface area (Å²) in [7, 11) is 0. The maximum Gasteiger partial charge on any atom is 0.226 e. The third kappa shape index (κ3) is 4.72. The molecule has 144 valence electrons. The van der Waals surface area contributed by atoms with Crippen molar-refractivity contribution in [2.75, 3.05) is 0 Å². The number of para-hydroxylation sites is 2. The fraction of sp³-hybridized carbons (Fsp3) is 0.500. The van der Waals surface area contributed by atoms with Crippen molar-refractivity contribution < 1.29 is 9.32 Å². The molecule has 1 amide bonds. The summed E-state index contributed by atoms with van der Waals surface area (Å²) in [6.45, 7) is 6.23. The average molecular weight is 369 g/mol. The highest BCUT2D eigenvalue weighted by Gasteiger charge is 2.23. The van der Waals surface area contributed by atoms with Crippen molar-refractivity contribution in [1.29, 1.82) is 0 Å². The first-order chi connectivity index (χ1) is 13.1. The topological polar surface area (TPSA) is 96.7 Å². The molecule has 0 aliphatic carbocycles. The number of hydrogen-bond acceptors (Lipinski definition) is 5. The normalized spacial score (nSPS) is 13.6. The fourth-order valence-corrected chi connectivity index (χ4v) is 3.02. The number of rotatable bonds is 9. The number of carbonyl (C=O) groups is 1. The Balaban J connectivity index is 1.60. The summed E-state index contributed by atoms with van der Waals surface area (Å²) < 4.78 is 5.17. The van der Waals surface area contributed by atoms with Gasteiger partial charge in [-0.3, -0.25) is 4.79 Å². The number of benzene rings is 1. The number of fused-ring (bicyclic) bond motifs is 1. The van der Waals surface area contributed by atoms with Gasteiger partial charge >= 0.3 is 0 Å². The molecule has 2 atom stereocenters. The van der Waals surface area contributed by atoms with Gasteiger partial charge in [0.05, 0.1) is 17.1 Å². The van der Waals surface area contributed by atoms with Crippen molar-refractivity contribution in [2.24, 2.45) is 5.92 Å². The molecule has 0 saturated heterocycles. The Morgan fingerprint density at radius 3 is 2.78 bits per heavy atom. The summed E-state index contributed by atoms with van der Waals surface area (Å²) in [6.07, 6.45) is 3.39. The molecule has 2 heterocycles. The van der Waals surface area contributed by atoms with Gasteiger partial charge in [-0.05, 0) is 24.5 Å². The first-order valence-corrected chi connectivity index (χ1v) is 9.66. The van der Waals surface area contributed by atoms with Crippen LogP contribution in [0.15, 0.2) is 28.8 Å². The van der Waals surface area contributed by atoms with Crippen LogP contribution >= 0.6 is 0 Å². The second-order valence-corrected chi connectivity index (χ2v) is 6.88. The highest BCUT2D eigenvalue weighted by molar-refractivity contribution is 5.77. The number of H-pyrrole nitrogens is 1. The predicted octanol–water partition coefficient (Wildman–Crippen LogP) is 3.73. The lowest BCUT2D eigenvalue weighted by molar-refractivity contribution is -0.122. The maximum atomic E-state index is 12.5. The van der Waals surface area contributed by atoms with Gasteiger partial charge in [-0.25, -0.2) is 4.98 Å². The zero-order chi connectivity index (χ0) is 19.2. The van der Waals surface area contributed by atoms with Crippen molar-refractivity contribution in [2.45, 2.75) is 58.9 Å². The standard InChI is InChI=1S/C20H27N5O2/c1-4-13(3)19(20-21-14-9-6-7-10-15(14)22-20)24-17(26)11-8-12-18-23-16(5-2)25-27-18/h6-7,9-10,13,19H,4-5,8,11-12H2,1-3H3,(H,21,22)(H,24,26). The first-order valence-electron chi connectivity index (χ1n) is 9.66. The summed E-state index contributed by atoms with van der Waals surface area (Å²) in [5.74, 6) is 2.39. The molecule has 3 rings (SSSR count). The quantitative estimate of drug-likeness (QED) is 0.599. The molecule has 3 aromatic rings. The van der Waals surface area contributed by atoms with Gasteiger partial charge in [0.15, 0.2) is 5.82 Å². The molecule has 0 aliphatic rings. The number of aryl methyl sites for hydroxylation is 2. The van der Waals surface area contributed by atoms with Crippen LogP contribution in [0.5, 0.6) is 0 Å². The zero-order valence-electron chi connectivity index (χ0n) is 16.2. The van der Waals surface area contributed by atoms with E-state index in [-0.39, 0.29) is 17.9 Å². The smallest absolute Gasteiger partial charge is 0.226 e. The Bertz CT molecular complexity index is 852. The molecule has 27 heavy (non-hydrogen) atoms. The van der Waals surface area contributed by atoms with Crippen LogP contribution in [0.1, 0.15) is 63.6 Å². The van der Waals surface area contributed by atoms with Crippen LogP contribution < -0.4 is 5.32 Å². The molecule has 1 aromatic carbocycles. The van der Waals surface area contributed by atoms with Crippen LogP contribution in [-0.2, 0) is 17.6 Å². The van der Waals surface area contributed by atoms with E-state index in [2.05, 4.69) is 39.3 Å². The third-order valence-electron chi connectivity index (χ3n) is 4.85. The molecule has 2 N–H and O–H groups in total. The number of nitrogens with zero attached hydrogens (tertiary/aromatic N) is 3. The second-order valence-electron chi connectivity index (χ2n) is 6.88. The fourth-order valence-electron chi connectivity index (χ4n) is 3.02. The van der Waals surface area contributed by atoms with Gasteiger partial charge in [0, 0.05) is 19.3 Å². The van der Waals surface area contributed by atoms with Gasteiger partial charge in [0.25, 0.3) is 0 Å². The first kappa shape index (κ1) is 19.1. The third-order valence-corrected chi connectivity index (χ3v) is 4.85. The Hall–Kier alpha value is -2.70. The van der Waals surface area contributed by atoms with E-state index in [1.54, 1.807) is 0 Å². The molecule has 0 saturated carbocycles. The number of carbonyl (C=O) groups excluding carboxylic acids is 1. The number of amides is 1. The Morgan fingerprint density at radius 1 is 1.26 bits per heavy atom. The minimum Gasteiger partial charge on any atom is -0.346 e. The molecular formula is C20H27N5O2. The van der Waals surface area contributed by atoms with Gasteiger partial charge < -0.3 is 14.8 Å². The van der Waals surface area contributed by atoms with E-state index in [4.69, 9.17) is 4.52 Å². The average Bonchev–Trinajstić information content (AvgIpc) is 3.31. The molecule has 2 unspecified atom stereocenters. The van der Waals surface area contributed by atoms with Crippen LogP contribution in [0.25, 0.3) is 11.0 Å². The van der Waals surface area contributed by atoms with Gasteiger partial charge in [0.1, 0.15) is 5.82 Å². The van der Waals surface area contributed by atoms with Gasteiger partial charge in [-0.15, -0.1) is 0 Å². The molecule has 0 fully saturated rings. The second kappa shape index (κ2) is 8.79. The summed E-state index contributed by atoms with van der Waals surface area (Å²) in [6, 6.07) is 7.77. The Labute approximate surface area is 159 Å². The SMILES string of the molecule is CCc1noc(CCCC(=O)NC(c2nc3ccccc3[nH]2)C(C)CC)n1. The number of nitrogens with one attached hydrogen (secondary N) is 2. The zero-order valence-corrected chi connectivity index (χ0v) is 16.2. The van der Waals surface area contributed by atoms with E-state index in [9.17, 15) is 4.79 Å². The molecule has 2 aromatic heterocycles. The molecule has 0 aliphatic heterocycles. The number of aromatic amines is 1. The lowest BCUT2D eigenvalue weighted by Gasteiger charge is -2.22. The Morgan fingerprint density at radius 2 is 2.07 bits per heavy atom. The number of aromatic nitrogens is 4. The summed E-state index contributed by atoms with van der Waals surface area (Å²) >= 11 is 0. The minimum atomic E-state index is -0.134. The monoisotopic (exact) mass is 369 g/mol. The van der Waals surface area contributed by atoms with Crippen LogP contribution in [0.4, 0.5) is 0 Å². The molecular weight excluding hydrogens is 342 g/mol. The highest BCUT2D eigenvalue weighted by atomic mass is 16.5. The molecule has 0 radical (unpaired) electrons. The maximum absolute atomic E-state index is 12.5. The summed E-state index contributed by atoms with van der Waals surface area (Å²) in [5, 5.41) is 7.02. The van der Waals surface area contributed by atoms with E-state index in [1.807, 2.05) is 31.2 Å². The highest BCUT2D eigenvalue weighted by Crippen LogP contribution is 2.24. The summed E-state index contributed by atoms with van der Waals surface area (Å²) in [4.78, 5) is 24.8. The predicted molar refractivity (Wildman–Crippen MR) is 103 cm³/mol. The Kier molecular flexibility index (Phi) is 6.21. The van der Waals surface area contributed by atoms with Crippen molar-refractivity contribution in [1.82, 2.24) is 25.4 Å². The molecule has 7 nitrogen and oxygen atoms in total. The van der Waals surface area contributed by atoms with Crippen LogP contribution in [-0.4, -0.2) is 26.0 Å². The number of imidazole rings is 1. The van der Waals surface area contributed by atoms with Gasteiger partial charge in [-0.1, -0.05) is 44.5 Å². The summed E-state index contributed by atoms with van der Waals surface area (Å²) in [5.41, 5.74) is 1.90.